The molecule has 1 heterocycles. The van der Waals surface area contributed by atoms with Gasteiger partial charge < -0.3 is 19.5 Å². The molecule has 37 heavy (non-hydrogen) atoms. The van der Waals surface area contributed by atoms with E-state index in [9.17, 15) is 9.59 Å². The average Bonchev–Trinajstić information content (AvgIpc) is 2.88. The van der Waals surface area contributed by atoms with Crippen LogP contribution in [0.4, 0.5) is 0 Å². The van der Waals surface area contributed by atoms with Crippen LogP contribution in [-0.4, -0.2) is 44.3 Å². The topological polar surface area (TPSA) is 73.9 Å². The van der Waals surface area contributed by atoms with Crippen LogP contribution in [0.3, 0.4) is 0 Å². The molecule has 202 valence electrons. The second-order valence-corrected chi connectivity index (χ2v) is 11.1. The smallest absolute Gasteiger partial charge is 0.312 e. The second-order valence-electron chi connectivity index (χ2n) is 11.1. The maximum atomic E-state index is 13.0. The third kappa shape index (κ3) is 9.19. The number of unbranched alkanes of at least 4 members (excludes halogenated alkanes) is 1. The van der Waals surface area contributed by atoms with E-state index < -0.39 is 11.0 Å². The molecule has 2 aromatic rings. The summed E-state index contributed by atoms with van der Waals surface area (Å²) in [5.74, 6) is 0.328. The predicted octanol–water partition coefficient (Wildman–Crippen LogP) is 5.52. The SMILES string of the molecule is COC(=O)C(Cc1ccccc1)Cc1ccc(OCCCCC2(C(=O)OC(C)(C)C)CCNCC2)cc1. The van der Waals surface area contributed by atoms with Crippen LogP contribution in [0.5, 0.6) is 5.75 Å². The van der Waals surface area contributed by atoms with Gasteiger partial charge in [0, 0.05) is 0 Å². The number of ether oxygens (including phenoxy) is 3. The monoisotopic (exact) mass is 509 g/mol. The van der Waals surface area contributed by atoms with Crippen LogP contribution in [0.2, 0.25) is 0 Å². The van der Waals surface area contributed by atoms with Gasteiger partial charge in [0.15, 0.2) is 0 Å². The lowest BCUT2D eigenvalue weighted by Crippen LogP contribution is -2.45. The average molecular weight is 510 g/mol. The van der Waals surface area contributed by atoms with Crippen molar-refractivity contribution in [3.63, 3.8) is 0 Å². The number of hydrogen-bond donors (Lipinski definition) is 1. The van der Waals surface area contributed by atoms with Gasteiger partial charge in [0.2, 0.25) is 0 Å². The number of piperidine rings is 1. The van der Waals surface area contributed by atoms with Crippen LogP contribution in [0, 0.1) is 11.3 Å². The van der Waals surface area contributed by atoms with Gasteiger partial charge in [-0.2, -0.15) is 0 Å². The molecule has 0 spiro atoms. The molecule has 0 aromatic heterocycles. The van der Waals surface area contributed by atoms with Crippen molar-refractivity contribution in [1.29, 1.82) is 0 Å². The Morgan fingerprint density at radius 1 is 0.919 bits per heavy atom. The summed E-state index contributed by atoms with van der Waals surface area (Å²) in [6.07, 6.45) is 5.51. The molecule has 0 amide bonds. The van der Waals surface area contributed by atoms with Crippen molar-refractivity contribution in [3.05, 3.63) is 65.7 Å². The summed E-state index contributed by atoms with van der Waals surface area (Å²) in [5, 5.41) is 3.36. The molecule has 6 nitrogen and oxygen atoms in total. The fourth-order valence-electron chi connectivity index (χ4n) is 4.91. The van der Waals surface area contributed by atoms with Gasteiger partial charge in [0.05, 0.1) is 25.0 Å². The Kier molecular flexibility index (Phi) is 10.6. The maximum Gasteiger partial charge on any atom is 0.312 e. The van der Waals surface area contributed by atoms with E-state index in [0.29, 0.717) is 19.4 Å². The van der Waals surface area contributed by atoms with E-state index in [1.165, 1.54) is 7.11 Å². The number of benzene rings is 2. The Morgan fingerprint density at radius 2 is 1.54 bits per heavy atom. The van der Waals surface area contributed by atoms with Gasteiger partial charge in [0.25, 0.3) is 0 Å². The van der Waals surface area contributed by atoms with Gasteiger partial charge in [-0.3, -0.25) is 9.59 Å². The normalized spacial score (nSPS) is 16.0. The summed E-state index contributed by atoms with van der Waals surface area (Å²) in [4.78, 5) is 25.3. The summed E-state index contributed by atoms with van der Waals surface area (Å²) >= 11 is 0. The molecule has 1 atom stereocenters. The van der Waals surface area contributed by atoms with Crippen molar-refractivity contribution in [2.24, 2.45) is 11.3 Å². The van der Waals surface area contributed by atoms with E-state index in [-0.39, 0.29) is 17.9 Å². The summed E-state index contributed by atoms with van der Waals surface area (Å²) in [5.41, 5.74) is 1.33. The van der Waals surface area contributed by atoms with Crippen molar-refractivity contribution in [1.82, 2.24) is 5.32 Å². The predicted molar refractivity (Wildman–Crippen MR) is 146 cm³/mol. The van der Waals surface area contributed by atoms with Crippen molar-refractivity contribution in [2.75, 3.05) is 26.8 Å². The van der Waals surface area contributed by atoms with Crippen LogP contribution in [0.1, 0.15) is 64.0 Å². The van der Waals surface area contributed by atoms with E-state index in [0.717, 1.165) is 62.1 Å². The van der Waals surface area contributed by atoms with E-state index in [1.807, 2.05) is 75.4 Å². The fourth-order valence-corrected chi connectivity index (χ4v) is 4.91. The molecule has 6 heteroatoms. The van der Waals surface area contributed by atoms with Gasteiger partial charge in [-0.15, -0.1) is 0 Å². The van der Waals surface area contributed by atoms with Gasteiger partial charge >= 0.3 is 11.9 Å². The number of methoxy groups -OCH3 is 1. The van der Waals surface area contributed by atoms with Crippen molar-refractivity contribution >= 4 is 11.9 Å². The number of hydrogen-bond acceptors (Lipinski definition) is 6. The molecule has 2 aromatic carbocycles. The van der Waals surface area contributed by atoms with Crippen molar-refractivity contribution in [3.8, 4) is 5.75 Å². The Bertz CT molecular complexity index is 975. The second kappa shape index (κ2) is 13.6. The molecule has 1 fully saturated rings. The number of esters is 2. The van der Waals surface area contributed by atoms with Crippen molar-refractivity contribution < 1.29 is 23.8 Å². The minimum absolute atomic E-state index is 0.0597. The van der Waals surface area contributed by atoms with E-state index in [4.69, 9.17) is 14.2 Å². The molecular weight excluding hydrogens is 466 g/mol. The molecule has 0 bridgehead atoms. The molecule has 0 aliphatic carbocycles. The number of nitrogens with one attached hydrogen (secondary N) is 1. The van der Waals surface area contributed by atoms with Gasteiger partial charge in [-0.1, -0.05) is 42.5 Å². The van der Waals surface area contributed by atoms with Crippen LogP contribution in [0.15, 0.2) is 54.6 Å². The van der Waals surface area contributed by atoms with E-state index in [1.54, 1.807) is 0 Å². The third-order valence-electron chi connectivity index (χ3n) is 6.98. The Morgan fingerprint density at radius 3 is 2.14 bits per heavy atom. The summed E-state index contributed by atoms with van der Waals surface area (Å²) in [7, 11) is 1.44. The molecule has 1 N–H and O–H groups in total. The number of carbonyl (C=O) groups is 2. The third-order valence-corrected chi connectivity index (χ3v) is 6.98. The van der Waals surface area contributed by atoms with Crippen molar-refractivity contribution in [2.45, 2.75) is 71.3 Å². The first-order chi connectivity index (χ1) is 17.7. The summed E-state index contributed by atoms with van der Waals surface area (Å²) < 4.78 is 16.8. The van der Waals surface area contributed by atoms with E-state index in [2.05, 4.69) is 5.32 Å². The highest BCUT2D eigenvalue weighted by Gasteiger charge is 2.41. The first kappa shape index (κ1) is 28.7. The van der Waals surface area contributed by atoms with Gasteiger partial charge in [-0.25, -0.2) is 0 Å². The van der Waals surface area contributed by atoms with Crippen LogP contribution >= 0.6 is 0 Å². The summed E-state index contributed by atoms with van der Waals surface area (Å²) in [6.45, 7) is 8.09. The minimum Gasteiger partial charge on any atom is -0.494 e. The van der Waals surface area contributed by atoms with Gasteiger partial charge in [0.1, 0.15) is 11.4 Å². The van der Waals surface area contributed by atoms with E-state index >= 15 is 0 Å². The number of rotatable bonds is 12. The molecule has 1 aliphatic heterocycles. The first-order valence-corrected chi connectivity index (χ1v) is 13.5. The van der Waals surface area contributed by atoms with Crippen LogP contribution < -0.4 is 10.1 Å². The van der Waals surface area contributed by atoms with Gasteiger partial charge in [-0.05, 0) is 102 Å². The molecule has 3 rings (SSSR count). The first-order valence-electron chi connectivity index (χ1n) is 13.5. The molecule has 0 radical (unpaired) electrons. The number of carbonyl (C=O) groups excluding carboxylic acids is 2. The molecular formula is C31H43NO5. The van der Waals surface area contributed by atoms with Crippen LogP contribution in [-0.2, 0) is 31.9 Å². The highest BCUT2D eigenvalue weighted by molar-refractivity contribution is 5.77. The Labute approximate surface area is 222 Å². The van der Waals surface area contributed by atoms with Crippen LogP contribution in [0.25, 0.3) is 0 Å². The maximum absolute atomic E-state index is 13.0. The lowest BCUT2D eigenvalue weighted by atomic mass is 9.75. The molecule has 1 saturated heterocycles. The minimum atomic E-state index is -0.470. The zero-order valence-electron chi connectivity index (χ0n) is 22.9. The highest BCUT2D eigenvalue weighted by Crippen LogP contribution is 2.37. The fraction of sp³-hybridized carbons (Fsp3) is 0.548. The lowest BCUT2D eigenvalue weighted by Gasteiger charge is -2.37. The molecule has 1 aliphatic rings. The zero-order chi connectivity index (χ0) is 26.7. The largest absolute Gasteiger partial charge is 0.494 e. The molecule has 1 unspecified atom stereocenters. The Hall–Kier alpha value is -2.86. The molecule has 0 saturated carbocycles. The summed E-state index contributed by atoms with van der Waals surface area (Å²) in [6, 6.07) is 18.0. The zero-order valence-corrected chi connectivity index (χ0v) is 22.9. The highest BCUT2D eigenvalue weighted by atomic mass is 16.6. The lowest BCUT2D eigenvalue weighted by molar-refractivity contribution is -0.170. The quantitative estimate of drug-likeness (QED) is 0.300. The Balaban J connectivity index is 1.47. The standard InChI is InChI=1S/C31H43NO5/c1-30(2,3)37-29(34)31(17-19-32-20-18-31)16-8-9-21-36-27-14-12-25(13-15-27)23-26(28(33)35-4)22-24-10-6-5-7-11-24/h5-7,10-15,26,32H,8-9,16-23H2,1-4H3.